The van der Waals surface area contributed by atoms with Crippen LogP contribution in [-0.2, 0) is 6.54 Å². The minimum Gasteiger partial charge on any atom is -0.487 e. The number of benzene rings is 2. The van der Waals surface area contributed by atoms with Gasteiger partial charge < -0.3 is 10.1 Å². The molecule has 0 bridgehead atoms. The first kappa shape index (κ1) is 16.1. The number of ether oxygens (including phenoxy) is 1. The molecule has 1 N–H and O–H groups in total. The van der Waals surface area contributed by atoms with Gasteiger partial charge in [-0.1, -0.05) is 24.8 Å². The molecule has 2 aromatic carbocycles. The second-order valence-corrected chi connectivity index (χ2v) is 6.42. The van der Waals surface area contributed by atoms with Gasteiger partial charge in [-0.2, -0.15) is 0 Å². The molecule has 2 rings (SSSR count). The van der Waals surface area contributed by atoms with Crippen molar-refractivity contribution in [3.8, 4) is 5.75 Å². The van der Waals surface area contributed by atoms with Crippen molar-refractivity contribution in [3.05, 3.63) is 69.1 Å². The standard InChI is InChI=1S/C17H17Br2NO/c1-3-7-21-17-15(18)9-13(10-16(17)19)11-20-14-6-4-5-12(2)8-14/h3-6,8-10,20H,1,7,11H2,2H3. The van der Waals surface area contributed by atoms with Crippen molar-refractivity contribution >= 4 is 37.5 Å². The van der Waals surface area contributed by atoms with Crippen LogP contribution in [0, 0.1) is 6.92 Å². The molecule has 0 atom stereocenters. The zero-order valence-corrected chi connectivity index (χ0v) is 15.0. The van der Waals surface area contributed by atoms with Gasteiger partial charge >= 0.3 is 0 Å². The van der Waals surface area contributed by atoms with E-state index in [2.05, 4.69) is 87.1 Å². The molecular weight excluding hydrogens is 394 g/mol. The third-order valence-corrected chi connectivity index (χ3v) is 4.10. The number of aryl methyl sites for hydroxylation is 1. The third kappa shape index (κ3) is 4.61. The summed E-state index contributed by atoms with van der Waals surface area (Å²) in [4.78, 5) is 0. The molecule has 0 fully saturated rings. The highest BCUT2D eigenvalue weighted by molar-refractivity contribution is 9.11. The molecule has 0 aromatic heterocycles. The van der Waals surface area contributed by atoms with Gasteiger partial charge in [0.25, 0.3) is 0 Å². The predicted octanol–water partition coefficient (Wildman–Crippen LogP) is 5.70. The van der Waals surface area contributed by atoms with Crippen LogP contribution in [0.15, 0.2) is 58.0 Å². The van der Waals surface area contributed by atoms with Crippen LogP contribution in [0.4, 0.5) is 5.69 Å². The molecule has 21 heavy (non-hydrogen) atoms. The molecule has 2 aromatic rings. The van der Waals surface area contributed by atoms with E-state index >= 15 is 0 Å². The summed E-state index contributed by atoms with van der Waals surface area (Å²) >= 11 is 7.10. The topological polar surface area (TPSA) is 21.3 Å². The van der Waals surface area contributed by atoms with Crippen molar-refractivity contribution < 1.29 is 4.74 Å². The summed E-state index contributed by atoms with van der Waals surface area (Å²) in [5.74, 6) is 0.800. The van der Waals surface area contributed by atoms with E-state index in [4.69, 9.17) is 4.74 Å². The molecule has 0 spiro atoms. The highest BCUT2D eigenvalue weighted by Gasteiger charge is 2.08. The lowest BCUT2D eigenvalue weighted by molar-refractivity contribution is 0.358. The first-order valence-electron chi connectivity index (χ1n) is 6.62. The smallest absolute Gasteiger partial charge is 0.148 e. The Morgan fingerprint density at radius 1 is 1.19 bits per heavy atom. The highest BCUT2D eigenvalue weighted by Crippen LogP contribution is 2.35. The third-order valence-electron chi connectivity index (χ3n) is 2.92. The molecular formula is C17H17Br2NO. The SMILES string of the molecule is C=CCOc1c(Br)cc(CNc2cccc(C)c2)cc1Br. The van der Waals surface area contributed by atoms with E-state index in [0.717, 1.165) is 26.9 Å². The molecule has 110 valence electrons. The Morgan fingerprint density at radius 3 is 2.52 bits per heavy atom. The molecule has 0 aliphatic rings. The summed E-state index contributed by atoms with van der Waals surface area (Å²) in [7, 11) is 0. The zero-order chi connectivity index (χ0) is 15.2. The van der Waals surface area contributed by atoms with E-state index in [0.29, 0.717) is 6.61 Å². The Morgan fingerprint density at radius 2 is 1.90 bits per heavy atom. The monoisotopic (exact) mass is 409 g/mol. The summed E-state index contributed by atoms with van der Waals surface area (Å²) in [6, 6.07) is 12.5. The maximum atomic E-state index is 5.62. The van der Waals surface area contributed by atoms with Crippen molar-refractivity contribution in [2.24, 2.45) is 0 Å². The summed E-state index contributed by atoms with van der Waals surface area (Å²) < 4.78 is 7.48. The van der Waals surface area contributed by atoms with Crippen molar-refractivity contribution in [1.29, 1.82) is 0 Å². The van der Waals surface area contributed by atoms with Crippen LogP contribution >= 0.6 is 31.9 Å². The molecule has 0 heterocycles. The Hall–Kier alpha value is -1.26. The molecule has 4 heteroatoms. The van der Waals surface area contributed by atoms with Gasteiger partial charge in [-0.05, 0) is 74.2 Å². The maximum Gasteiger partial charge on any atom is 0.148 e. The molecule has 2 nitrogen and oxygen atoms in total. The van der Waals surface area contributed by atoms with Crippen LogP contribution in [0.3, 0.4) is 0 Å². The molecule has 0 saturated heterocycles. The van der Waals surface area contributed by atoms with Crippen LogP contribution in [0.2, 0.25) is 0 Å². The fourth-order valence-corrected chi connectivity index (χ4v) is 3.46. The number of rotatable bonds is 6. The molecule has 0 aliphatic carbocycles. The van der Waals surface area contributed by atoms with Crippen LogP contribution in [-0.4, -0.2) is 6.61 Å². The quantitative estimate of drug-likeness (QED) is 0.617. The van der Waals surface area contributed by atoms with Gasteiger partial charge in [-0.15, -0.1) is 0 Å². The largest absolute Gasteiger partial charge is 0.487 e. The second-order valence-electron chi connectivity index (χ2n) is 4.71. The first-order chi connectivity index (χ1) is 10.1. The van der Waals surface area contributed by atoms with Gasteiger partial charge in [0.15, 0.2) is 0 Å². The van der Waals surface area contributed by atoms with Crippen molar-refractivity contribution in [1.82, 2.24) is 0 Å². The summed E-state index contributed by atoms with van der Waals surface area (Å²) in [6.07, 6.45) is 1.73. The maximum absolute atomic E-state index is 5.62. The van der Waals surface area contributed by atoms with Crippen LogP contribution < -0.4 is 10.1 Å². The predicted molar refractivity (Wildman–Crippen MR) is 96.0 cm³/mol. The molecule has 0 saturated carbocycles. The highest BCUT2D eigenvalue weighted by atomic mass is 79.9. The fourth-order valence-electron chi connectivity index (χ4n) is 1.95. The molecule has 0 aliphatic heterocycles. The van der Waals surface area contributed by atoms with Gasteiger partial charge in [-0.3, -0.25) is 0 Å². The Balaban J connectivity index is 2.09. The molecule has 0 radical (unpaired) electrons. The first-order valence-corrected chi connectivity index (χ1v) is 8.21. The van der Waals surface area contributed by atoms with Crippen molar-refractivity contribution in [2.45, 2.75) is 13.5 Å². The number of hydrogen-bond acceptors (Lipinski definition) is 2. The van der Waals surface area contributed by atoms with Gasteiger partial charge in [0.2, 0.25) is 0 Å². The van der Waals surface area contributed by atoms with Crippen LogP contribution in [0.25, 0.3) is 0 Å². The summed E-state index contributed by atoms with van der Waals surface area (Å²) in [5, 5.41) is 3.42. The number of anilines is 1. The minimum absolute atomic E-state index is 0.484. The fraction of sp³-hybridized carbons (Fsp3) is 0.176. The minimum atomic E-state index is 0.484. The lowest BCUT2D eigenvalue weighted by Crippen LogP contribution is -2.01. The van der Waals surface area contributed by atoms with E-state index in [1.165, 1.54) is 11.1 Å². The van der Waals surface area contributed by atoms with Gasteiger partial charge in [0.05, 0.1) is 8.95 Å². The lowest BCUT2D eigenvalue weighted by Gasteiger charge is -2.12. The molecule has 0 amide bonds. The van der Waals surface area contributed by atoms with Crippen molar-refractivity contribution in [3.63, 3.8) is 0 Å². The summed E-state index contributed by atoms with van der Waals surface area (Å²) in [5.41, 5.74) is 3.53. The van der Waals surface area contributed by atoms with E-state index in [9.17, 15) is 0 Å². The van der Waals surface area contributed by atoms with Crippen LogP contribution in [0.1, 0.15) is 11.1 Å². The number of hydrogen-bond donors (Lipinski definition) is 1. The normalized spacial score (nSPS) is 10.2. The number of halogens is 2. The van der Waals surface area contributed by atoms with Crippen LogP contribution in [0.5, 0.6) is 5.75 Å². The summed E-state index contributed by atoms with van der Waals surface area (Å²) in [6.45, 7) is 6.98. The van der Waals surface area contributed by atoms with Gasteiger partial charge in [0, 0.05) is 12.2 Å². The van der Waals surface area contributed by atoms with E-state index in [-0.39, 0.29) is 0 Å². The van der Waals surface area contributed by atoms with E-state index in [1.807, 2.05) is 0 Å². The van der Waals surface area contributed by atoms with E-state index < -0.39 is 0 Å². The van der Waals surface area contributed by atoms with Gasteiger partial charge in [0.1, 0.15) is 12.4 Å². The van der Waals surface area contributed by atoms with E-state index in [1.54, 1.807) is 6.08 Å². The van der Waals surface area contributed by atoms with Crippen molar-refractivity contribution in [2.75, 3.05) is 11.9 Å². The Kier molecular flexibility index (Phi) is 5.88. The average molecular weight is 411 g/mol. The Labute approximate surface area is 142 Å². The van der Waals surface area contributed by atoms with Gasteiger partial charge in [-0.25, -0.2) is 0 Å². The number of nitrogens with one attached hydrogen (secondary N) is 1. The zero-order valence-electron chi connectivity index (χ0n) is 11.8. The Bertz CT molecular complexity index is 617. The second kappa shape index (κ2) is 7.66. The lowest BCUT2D eigenvalue weighted by atomic mass is 10.2. The average Bonchev–Trinajstić information content (AvgIpc) is 2.44. The molecule has 0 unspecified atom stereocenters.